The number of aromatic nitrogens is 2. The first-order valence-corrected chi connectivity index (χ1v) is 9.38. The predicted molar refractivity (Wildman–Crippen MR) is 108 cm³/mol. The molecule has 0 spiro atoms. The summed E-state index contributed by atoms with van der Waals surface area (Å²) in [4.78, 5) is 17.0. The molecule has 0 bridgehead atoms. The van der Waals surface area contributed by atoms with E-state index in [0.29, 0.717) is 18.0 Å². The second kappa shape index (κ2) is 8.22. The van der Waals surface area contributed by atoms with Crippen molar-refractivity contribution >= 4 is 17.3 Å². The number of benzene rings is 2. The molecular weight excluding hydrogens is 354 g/mol. The van der Waals surface area contributed by atoms with Gasteiger partial charge in [0.2, 0.25) is 5.89 Å². The molecule has 7 heteroatoms. The van der Waals surface area contributed by atoms with Gasteiger partial charge >= 0.3 is 11.8 Å². The number of carbonyl (C=O) groups excluding carboxylic acids is 1. The maximum atomic E-state index is 12.4. The molecule has 28 heavy (non-hydrogen) atoms. The average molecular weight is 377 g/mol. The molecule has 1 saturated heterocycles. The first-order valence-electron chi connectivity index (χ1n) is 9.38. The molecular formula is C21H23N5O2. The molecule has 7 nitrogen and oxygen atoms in total. The Hall–Kier alpha value is -3.19. The minimum absolute atomic E-state index is 0.0333. The number of piperazine rings is 1. The summed E-state index contributed by atoms with van der Waals surface area (Å²) in [6.07, 6.45) is 0.501. The summed E-state index contributed by atoms with van der Waals surface area (Å²) in [5, 5.41) is 10.6. The lowest BCUT2D eigenvalue weighted by Gasteiger charge is -2.34. The molecule has 1 fully saturated rings. The Morgan fingerprint density at radius 1 is 1.00 bits per heavy atom. The van der Waals surface area contributed by atoms with Gasteiger partial charge in [0.25, 0.3) is 0 Å². The number of nitrogens with zero attached hydrogens (tertiary/aromatic N) is 4. The van der Waals surface area contributed by atoms with Crippen LogP contribution in [0.4, 0.5) is 11.4 Å². The fourth-order valence-electron chi connectivity index (χ4n) is 3.19. The third-order valence-electron chi connectivity index (χ3n) is 4.85. The lowest BCUT2D eigenvalue weighted by Crippen LogP contribution is -2.44. The van der Waals surface area contributed by atoms with E-state index < -0.39 is 5.91 Å². The molecule has 4 rings (SSSR count). The lowest BCUT2D eigenvalue weighted by molar-refractivity contribution is 0.0988. The van der Waals surface area contributed by atoms with E-state index in [1.54, 1.807) is 0 Å². The van der Waals surface area contributed by atoms with Gasteiger partial charge < -0.3 is 19.5 Å². The van der Waals surface area contributed by atoms with Gasteiger partial charge in [0.15, 0.2) is 0 Å². The highest BCUT2D eigenvalue weighted by molar-refractivity contribution is 6.00. The van der Waals surface area contributed by atoms with Crippen molar-refractivity contribution < 1.29 is 9.21 Å². The first kappa shape index (κ1) is 18.2. The predicted octanol–water partition coefficient (Wildman–Crippen LogP) is 2.66. The van der Waals surface area contributed by atoms with E-state index in [1.807, 2.05) is 54.6 Å². The number of hydrogen-bond acceptors (Lipinski definition) is 6. The molecule has 0 atom stereocenters. The van der Waals surface area contributed by atoms with Crippen LogP contribution >= 0.6 is 0 Å². The zero-order valence-corrected chi connectivity index (χ0v) is 15.8. The van der Waals surface area contributed by atoms with Crippen LogP contribution in [0, 0.1) is 0 Å². The van der Waals surface area contributed by atoms with Crippen LogP contribution in [0.3, 0.4) is 0 Å². The summed E-state index contributed by atoms with van der Waals surface area (Å²) in [6, 6.07) is 17.6. The Kier molecular flexibility index (Phi) is 5.34. The van der Waals surface area contributed by atoms with Crippen LogP contribution in [0.25, 0.3) is 0 Å². The van der Waals surface area contributed by atoms with Crippen LogP contribution in [0.15, 0.2) is 59.0 Å². The molecule has 2 heterocycles. The average Bonchev–Trinajstić information content (AvgIpc) is 3.19. The number of carbonyl (C=O) groups is 1. The minimum atomic E-state index is -0.404. The Morgan fingerprint density at radius 2 is 1.71 bits per heavy atom. The van der Waals surface area contributed by atoms with Gasteiger partial charge in [0.1, 0.15) is 0 Å². The molecule has 144 valence electrons. The van der Waals surface area contributed by atoms with Gasteiger partial charge in [-0.2, -0.15) is 0 Å². The van der Waals surface area contributed by atoms with Gasteiger partial charge in [-0.05, 0) is 36.9 Å². The van der Waals surface area contributed by atoms with Crippen molar-refractivity contribution in [2.24, 2.45) is 0 Å². The van der Waals surface area contributed by atoms with Gasteiger partial charge in [-0.25, -0.2) is 0 Å². The van der Waals surface area contributed by atoms with E-state index in [0.717, 1.165) is 37.4 Å². The van der Waals surface area contributed by atoms with Gasteiger partial charge in [-0.1, -0.05) is 30.3 Å². The highest BCUT2D eigenvalue weighted by Gasteiger charge is 2.17. The molecule has 1 aliphatic rings. The Balaban J connectivity index is 1.36. The van der Waals surface area contributed by atoms with Crippen molar-refractivity contribution in [3.8, 4) is 0 Å². The second-order valence-corrected chi connectivity index (χ2v) is 6.95. The number of anilines is 2. The zero-order chi connectivity index (χ0) is 19.3. The van der Waals surface area contributed by atoms with Crippen molar-refractivity contribution in [2.75, 3.05) is 43.4 Å². The van der Waals surface area contributed by atoms with Crippen molar-refractivity contribution in [1.29, 1.82) is 0 Å². The Bertz CT molecular complexity index is 915. The number of rotatable bonds is 5. The van der Waals surface area contributed by atoms with Gasteiger partial charge in [0.05, 0.1) is 6.42 Å². The highest BCUT2D eigenvalue weighted by atomic mass is 16.4. The third kappa shape index (κ3) is 4.37. The van der Waals surface area contributed by atoms with E-state index in [-0.39, 0.29) is 5.89 Å². The van der Waals surface area contributed by atoms with Crippen molar-refractivity contribution in [2.45, 2.75) is 6.42 Å². The maximum absolute atomic E-state index is 12.4. The molecule has 0 saturated carbocycles. The zero-order valence-electron chi connectivity index (χ0n) is 15.8. The quantitative estimate of drug-likeness (QED) is 0.737. The van der Waals surface area contributed by atoms with Crippen LogP contribution in [-0.2, 0) is 6.42 Å². The fourth-order valence-corrected chi connectivity index (χ4v) is 3.19. The molecule has 0 aliphatic carbocycles. The summed E-state index contributed by atoms with van der Waals surface area (Å²) in [6.45, 7) is 4.13. The fraction of sp³-hybridized carbons (Fsp3) is 0.286. The van der Waals surface area contributed by atoms with E-state index in [9.17, 15) is 4.79 Å². The van der Waals surface area contributed by atoms with Crippen LogP contribution in [0.5, 0.6) is 0 Å². The monoisotopic (exact) mass is 377 g/mol. The molecule has 1 aliphatic heterocycles. The molecule has 0 unspecified atom stereocenters. The van der Waals surface area contributed by atoms with Crippen LogP contribution in [0.2, 0.25) is 0 Å². The third-order valence-corrected chi connectivity index (χ3v) is 4.85. The highest BCUT2D eigenvalue weighted by Crippen LogP contribution is 2.20. The summed E-state index contributed by atoms with van der Waals surface area (Å²) < 4.78 is 5.50. The van der Waals surface area contributed by atoms with E-state index in [1.165, 1.54) is 0 Å². The number of likely N-dealkylation sites (N-methyl/N-ethyl adjacent to an activating group) is 1. The molecule has 1 aromatic heterocycles. The number of nitrogens with one attached hydrogen (secondary N) is 1. The molecule has 1 amide bonds. The Labute approximate surface area is 164 Å². The summed E-state index contributed by atoms with van der Waals surface area (Å²) >= 11 is 0. The van der Waals surface area contributed by atoms with E-state index >= 15 is 0 Å². The normalized spacial score (nSPS) is 14.8. The largest absolute Gasteiger partial charge is 0.417 e. The number of hydrogen-bond donors (Lipinski definition) is 1. The lowest BCUT2D eigenvalue weighted by atomic mass is 10.2. The standard InChI is InChI=1S/C21H23N5O2/c1-25-11-13-26(14-12-25)18-9-7-17(8-10-18)22-20(27)21-24-23-19(28-21)15-16-5-3-2-4-6-16/h2-10H,11-15H2,1H3,(H,22,27). The molecule has 0 radical (unpaired) electrons. The maximum Gasteiger partial charge on any atom is 0.313 e. The first-order chi connectivity index (χ1) is 13.7. The summed E-state index contributed by atoms with van der Waals surface area (Å²) in [5.41, 5.74) is 2.91. The summed E-state index contributed by atoms with van der Waals surface area (Å²) in [7, 11) is 2.14. The number of amides is 1. The van der Waals surface area contributed by atoms with Gasteiger partial charge in [0, 0.05) is 37.6 Å². The van der Waals surface area contributed by atoms with E-state index in [4.69, 9.17) is 4.42 Å². The van der Waals surface area contributed by atoms with Crippen molar-refractivity contribution in [3.63, 3.8) is 0 Å². The molecule has 2 aromatic carbocycles. The minimum Gasteiger partial charge on any atom is -0.417 e. The SMILES string of the molecule is CN1CCN(c2ccc(NC(=O)c3nnc(Cc4ccccc4)o3)cc2)CC1. The van der Waals surface area contributed by atoms with Gasteiger partial charge in [-0.3, -0.25) is 4.79 Å². The second-order valence-electron chi connectivity index (χ2n) is 6.95. The van der Waals surface area contributed by atoms with Crippen LogP contribution < -0.4 is 10.2 Å². The van der Waals surface area contributed by atoms with Gasteiger partial charge in [-0.15, -0.1) is 10.2 Å². The van der Waals surface area contributed by atoms with E-state index in [2.05, 4.69) is 32.4 Å². The smallest absolute Gasteiger partial charge is 0.313 e. The van der Waals surface area contributed by atoms with Crippen molar-refractivity contribution in [1.82, 2.24) is 15.1 Å². The topological polar surface area (TPSA) is 74.5 Å². The van der Waals surface area contributed by atoms with Crippen LogP contribution in [0.1, 0.15) is 22.1 Å². The summed E-state index contributed by atoms with van der Waals surface area (Å²) in [5.74, 6) is -0.0185. The van der Waals surface area contributed by atoms with Crippen LogP contribution in [-0.4, -0.2) is 54.2 Å². The molecule has 3 aromatic rings. The van der Waals surface area contributed by atoms with Crippen molar-refractivity contribution in [3.05, 3.63) is 71.9 Å². The molecule has 1 N–H and O–H groups in total. The Morgan fingerprint density at radius 3 is 2.43 bits per heavy atom.